The highest BCUT2D eigenvalue weighted by Gasteiger charge is 2.44. The van der Waals surface area contributed by atoms with Gasteiger partial charge in [-0.05, 0) is 32.1 Å². The van der Waals surface area contributed by atoms with Crippen molar-refractivity contribution in [2.45, 2.75) is 71.8 Å². The van der Waals surface area contributed by atoms with E-state index in [1.807, 2.05) is 4.90 Å². The van der Waals surface area contributed by atoms with E-state index in [0.717, 1.165) is 38.6 Å². The average molecular weight is 250 g/mol. The van der Waals surface area contributed by atoms with Crippen LogP contribution < -0.4 is 0 Å². The van der Waals surface area contributed by atoms with Crippen LogP contribution in [0.15, 0.2) is 0 Å². The van der Waals surface area contributed by atoms with E-state index in [4.69, 9.17) is 0 Å². The van der Waals surface area contributed by atoms with Crippen LogP contribution in [0.25, 0.3) is 0 Å². The Morgan fingerprint density at radius 2 is 1.78 bits per heavy atom. The molecule has 0 aliphatic heterocycles. The summed E-state index contributed by atoms with van der Waals surface area (Å²) in [6, 6.07) is 2.76. The first-order chi connectivity index (χ1) is 8.65. The van der Waals surface area contributed by atoms with Crippen LogP contribution in [0.2, 0.25) is 0 Å². The summed E-state index contributed by atoms with van der Waals surface area (Å²) in [6.45, 7) is 7.00. The zero-order valence-corrected chi connectivity index (χ0v) is 12.0. The van der Waals surface area contributed by atoms with E-state index in [2.05, 4.69) is 26.8 Å². The van der Waals surface area contributed by atoms with Gasteiger partial charge in [-0.25, -0.2) is 0 Å². The summed E-state index contributed by atoms with van der Waals surface area (Å²) in [5.74, 6) is 0.0954. The van der Waals surface area contributed by atoms with Crippen molar-refractivity contribution in [1.29, 1.82) is 5.26 Å². The zero-order chi connectivity index (χ0) is 13.6. The van der Waals surface area contributed by atoms with Crippen molar-refractivity contribution in [3.63, 3.8) is 0 Å². The van der Waals surface area contributed by atoms with Gasteiger partial charge in [-0.2, -0.15) is 5.26 Å². The van der Waals surface area contributed by atoms with Crippen molar-refractivity contribution in [2.24, 2.45) is 5.41 Å². The summed E-state index contributed by atoms with van der Waals surface area (Å²) >= 11 is 0. The molecule has 0 spiro atoms. The molecule has 102 valence electrons. The number of nitrogens with zero attached hydrogens (tertiary/aromatic N) is 2. The van der Waals surface area contributed by atoms with Crippen LogP contribution >= 0.6 is 0 Å². The topological polar surface area (TPSA) is 44.1 Å². The SMILES string of the molecule is CCCN(C(=O)C(C#N)(CCC)CCC)C1CC1. The molecule has 0 bridgehead atoms. The predicted octanol–water partition coefficient (Wildman–Crippen LogP) is 3.50. The fourth-order valence-corrected chi connectivity index (χ4v) is 2.70. The van der Waals surface area contributed by atoms with Crippen LogP contribution in [-0.2, 0) is 4.79 Å². The largest absolute Gasteiger partial charge is 0.338 e. The molecule has 0 aromatic rings. The van der Waals surface area contributed by atoms with E-state index in [1.54, 1.807) is 0 Å². The first-order valence-electron chi connectivity index (χ1n) is 7.37. The van der Waals surface area contributed by atoms with Gasteiger partial charge in [0.25, 0.3) is 0 Å². The van der Waals surface area contributed by atoms with E-state index in [1.165, 1.54) is 0 Å². The normalized spacial score (nSPS) is 15.2. The second-order valence-corrected chi connectivity index (χ2v) is 5.42. The Bertz CT molecular complexity index is 309. The number of hydrogen-bond acceptors (Lipinski definition) is 2. The third kappa shape index (κ3) is 3.25. The summed E-state index contributed by atoms with van der Waals surface area (Å²) in [5, 5.41) is 9.53. The van der Waals surface area contributed by atoms with Gasteiger partial charge in [0, 0.05) is 12.6 Å². The fourth-order valence-electron chi connectivity index (χ4n) is 2.70. The lowest BCUT2D eigenvalue weighted by Crippen LogP contribution is -2.45. The quantitative estimate of drug-likeness (QED) is 0.662. The summed E-state index contributed by atoms with van der Waals surface area (Å²) in [6.07, 6.45) is 6.39. The monoisotopic (exact) mass is 250 g/mol. The van der Waals surface area contributed by atoms with Crippen LogP contribution in [0.3, 0.4) is 0 Å². The van der Waals surface area contributed by atoms with Crippen molar-refractivity contribution in [3.8, 4) is 6.07 Å². The smallest absolute Gasteiger partial charge is 0.243 e. The third-order valence-electron chi connectivity index (χ3n) is 3.69. The number of amides is 1. The first kappa shape index (κ1) is 15.0. The highest BCUT2D eigenvalue weighted by atomic mass is 16.2. The molecule has 1 aliphatic rings. The highest BCUT2D eigenvalue weighted by Crippen LogP contribution is 2.36. The van der Waals surface area contributed by atoms with Crippen LogP contribution in [-0.4, -0.2) is 23.4 Å². The van der Waals surface area contributed by atoms with Gasteiger partial charge in [0.15, 0.2) is 0 Å². The molecule has 0 unspecified atom stereocenters. The fraction of sp³-hybridized carbons (Fsp3) is 0.867. The van der Waals surface area contributed by atoms with E-state index in [-0.39, 0.29) is 5.91 Å². The number of carbonyl (C=O) groups excluding carboxylic acids is 1. The molecule has 1 fully saturated rings. The molecular weight excluding hydrogens is 224 g/mol. The van der Waals surface area contributed by atoms with Crippen molar-refractivity contribution in [3.05, 3.63) is 0 Å². The molecule has 3 heteroatoms. The summed E-state index contributed by atoms with van der Waals surface area (Å²) in [5.41, 5.74) is -0.763. The van der Waals surface area contributed by atoms with Crippen molar-refractivity contribution < 1.29 is 4.79 Å². The second-order valence-electron chi connectivity index (χ2n) is 5.42. The molecule has 0 aromatic heterocycles. The Hall–Kier alpha value is -1.04. The highest BCUT2D eigenvalue weighted by molar-refractivity contribution is 5.86. The van der Waals surface area contributed by atoms with Crippen molar-refractivity contribution in [1.82, 2.24) is 4.90 Å². The Morgan fingerprint density at radius 1 is 1.22 bits per heavy atom. The second kappa shape index (κ2) is 6.78. The van der Waals surface area contributed by atoms with Crippen LogP contribution in [0.5, 0.6) is 0 Å². The lowest BCUT2D eigenvalue weighted by Gasteiger charge is -2.32. The molecule has 1 rings (SSSR count). The molecule has 1 aliphatic carbocycles. The number of carbonyl (C=O) groups is 1. The molecule has 3 nitrogen and oxygen atoms in total. The lowest BCUT2D eigenvalue weighted by molar-refractivity contribution is -0.140. The van der Waals surface area contributed by atoms with E-state index < -0.39 is 5.41 Å². The molecule has 0 aromatic carbocycles. The minimum Gasteiger partial charge on any atom is -0.338 e. The molecule has 0 radical (unpaired) electrons. The zero-order valence-electron chi connectivity index (χ0n) is 12.0. The molecular formula is C15H26N2O. The van der Waals surface area contributed by atoms with Crippen LogP contribution in [0.4, 0.5) is 0 Å². The molecule has 18 heavy (non-hydrogen) atoms. The van der Waals surface area contributed by atoms with Gasteiger partial charge in [0.2, 0.25) is 5.91 Å². The van der Waals surface area contributed by atoms with Gasteiger partial charge in [0.05, 0.1) is 6.07 Å². The molecule has 0 saturated heterocycles. The third-order valence-corrected chi connectivity index (χ3v) is 3.69. The molecule has 0 heterocycles. The van der Waals surface area contributed by atoms with Gasteiger partial charge in [0.1, 0.15) is 5.41 Å². The molecule has 0 atom stereocenters. The number of hydrogen-bond donors (Lipinski definition) is 0. The van der Waals surface area contributed by atoms with Crippen molar-refractivity contribution >= 4 is 5.91 Å². The Morgan fingerprint density at radius 3 is 2.11 bits per heavy atom. The standard InChI is InChI=1S/C15H26N2O/c1-4-9-15(12-16,10-5-2)14(18)17(11-6-3)13-7-8-13/h13H,4-11H2,1-3H3. The Kier molecular flexibility index (Phi) is 5.65. The minimum atomic E-state index is -0.763. The van der Waals surface area contributed by atoms with E-state index in [9.17, 15) is 10.1 Å². The molecule has 1 amide bonds. The maximum atomic E-state index is 12.8. The van der Waals surface area contributed by atoms with Gasteiger partial charge in [-0.15, -0.1) is 0 Å². The van der Waals surface area contributed by atoms with Gasteiger partial charge >= 0.3 is 0 Å². The first-order valence-corrected chi connectivity index (χ1v) is 7.37. The van der Waals surface area contributed by atoms with Crippen LogP contribution in [0, 0.1) is 16.7 Å². The summed E-state index contributed by atoms with van der Waals surface area (Å²) < 4.78 is 0. The van der Waals surface area contributed by atoms with E-state index >= 15 is 0 Å². The minimum absolute atomic E-state index is 0.0954. The average Bonchev–Trinajstić information content (AvgIpc) is 3.19. The Labute approximate surface area is 111 Å². The van der Waals surface area contributed by atoms with Gasteiger partial charge in [-0.1, -0.05) is 33.6 Å². The van der Waals surface area contributed by atoms with Crippen LogP contribution in [0.1, 0.15) is 65.7 Å². The number of rotatable bonds is 8. The maximum Gasteiger partial charge on any atom is 0.243 e. The lowest BCUT2D eigenvalue weighted by atomic mass is 9.79. The molecule has 1 saturated carbocycles. The number of nitriles is 1. The molecule has 0 N–H and O–H groups in total. The van der Waals surface area contributed by atoms with Gasteiger partial charge in [-0.3, -0.25) is 4.79 Å². The summed E-state index contributed by atoms with van der Waals surface area (Å²) in [7, 11) is 0. The Balaban J connectivity index is 2.88. The van der Waals surface area contributed by atoms with Gasteiger partial charge < -0.3 is 4.90 Å². The summed E-state index contributed by atoms with van der Waals surface area (Å²) in [4.78, 5) is 14.7. The van der Waals surface area contributed by atoms with Crippen molar-refractivity contribution in [2.75, 3.05) is 6.54 Å². The van der Waals surface area contributed by atoms with E-state index in [0.29, 0.717) is 18.9 Å². The predicted molar refractivity (Wildman–Crippen MR) is 72.9 cm³/mol. The maximum absolute atomic E-state index is 12.8.